The van der Waals surface area contributed by atoms with E-state index in [1.807, 2.05) is 0 Å². The number of esters is 2. The van der Waals surface area contributed by atoms with Crippen LogP contribution in [-0.4, -0.2) is 55.7 Å². The van der Waals surface area contributed by atoms with Gasteiger partial charge in [-0.1, -0.05) is 15.9 Å². The van der Waals surface area contributed by atoms with Crippen LogP contribution in [0, 0.1) is 11.7 Å². The summed E-state index contributed by atoms with van der Waals surface area (Å²) in [4.78, 5) is 37.0. The van der Waals surface area contributed by atoms with E-state index >= 15 is 0 Å². The van der Waals surface area contributed by atoms with Crippen molar-refractivity contribution < 1.29 is 33.0 Å². The first-order valence-electron chi connectivity index (χ1n) is 8.58. The largest absolute Gasteiger partial charge is 0.479 e. The molecule has 27 heavy (non-hydrogen) atoms. The summed E-state index contributed by atoms with van der Waals surface area (Å²) in [5.41, 5.74) is 0. The van der Waals surface area contributed by atoms with Crippen LogP contribution in [0.25, 0.3) is 0 Å². The average molecular weight is 446 g/mol. The Morgan fingerprint density at radius 3 is 2.52 bits per heavy atom. The van der Waals surface area contributed by atoms with Gasteiger partial charge >= 0.3 is 11.9 Å². The Morgan fingerprint density at radius 2 is 1.89 bits per heavy atom. The number of hydrogen-bond donors (Lipinski definition) is 0. The highest BCUT2D eigenvalue weighted by atomic mass is 79.9. The van der Waals surface area contributed by atoms with Crippen LogP contribution in [0.2, 0.25) is 0 Å². The van der Waals surface area contributed by atoms with Crippen molar-refractivity contribution in [2.45, 2.75) is 19.8 Å². The number of carbonyl (C=O) groups is 3. The fraction of sp³-hybridized carbons (Fsp3) is 0.500. The van der Waals surface area contributed by atoms with E-state index in [2.05, 4.69) is 15.9 Å². The van der Waals surface area contributed by atoms with Gasteiger partial charge in [-0.25, -0.2) is 9.18 Å². The van der Waals surface area contributed by atoms with Crippen LogP contribution < -0.4 is 4.74 Å². The zero-order valence-electron chi connectivity index (χ0n) is 14.9. The molecule has 0 aliphatic carbocycles. The van der Waals surface area contributed by atoms with Crippen molar-refractivity contribution in [3.8, 4) is 5.75 Å². The number of amides is 1. The molecule has 0 saturated carbocycles. The van der Waals surface area contributed by atoms with Crippen molar-refractivity contribution in [2.24, 2.45) is 5.92 Å². The van der Waals surface area contributed by atoms with Crippen LogP contribution in [-0.2, 0) is 23.9 Å². The van der Waals surface area contributed by atoms with Gasteiger partial charge in [0.25, 0.3) is 5.91 Å². The molecule has 1 fully saturated rings. The van der Waals surface area contributed by atoms with E-state index in [1.54, 1.807) is 13.0 Å². The maximum atomic E-state index is 13.6. The Morgan fingerprint density at radius 1 is 1.19 bits per heavy atom. The van der Waals surface area contributed by atoms with Crippen molar-refractivity contribution in [1.29, 1.82) is 0 Å². The van der Waals surface area contributed by atoms with Gasteiger partial charge in [-0.2, -0.15) is 0 Å². The summed E-state index contributed by atoms with van der Waals surface area (Å²) in [5.74, 6) is -2.26. The zero-order valence-corrected chi connectivity index (χ0v) is 16.5. The Balaban J connectivity index is 1.69. The third-order valence-electron chi connectivity index (χ3n) is 4.06. The highest BCUT2D eigenvalue weighted by Crippen LogP contribution is 2.21. The summed E-state index contributed by atoms with van der Waals surface area (Å²) in [7, 11) is 0. The molecule has 9 heteroatoms. The van der Waals surface area contributed by atoms with Crippen LogP contribution >= 0.6 is 15.9 Å². The minimum atomic E-state index is -0.771. The van der Waals surface area contributed by atoms with E-state index in [0.29, 0.717) is 37.0 Å². The summed E-state index contributed by atoms with van der Waals surface area (Å²) in [6.45, 7) is 1.96. The van der Waals surface area contributed by atoms with E-state index in [9.17, 15) is 18.8 Å². The topological polar surface area (TPSA) is 82.1 Å². The number of rotatable bonds is 7. The van der Waals surface area contributed by atoms with Gasteiger partial charge in [0.2, 0.25) is 0 Å². The summed E-state index contributed by atoms with van der Waals surface area (Å²) >= 11 is 3.12. The molecule has 1 heterocycles. The fourth-order valence-electron chi connectivity index (χ4n) is 2.63. The molecular formula is C18H21BrFNO6. The second-order valence-electron chi connectivity index (χ2n) is 5.93. The normalized spacial score (nSPS) is 14.6. The van der Waals surface area contributed by atoms with Crippen molar-refractivity contribution in [3.63, 3.8) is 0 Å². The Labute approximate surface area is 164 Å². The van der Waals surface area contributed by atoms with Crippen molar-refractivity contribution in [2.75, 3.05) is 32.9 Å². The Kier molecular flexibility index (Phi) is 8.02. The minimum Gasteiger partial charge on any atom is -0.479 e. The highest BCUT2D eigenvalue weighted by Gasteiger charge is 2.28. The lowest BCUT2D eigenvalue weighted by molar-refractivity contribution is -0.155. The lowest BCUT2D eigenvalue weighted by Crippen LogP contribution is -2.42. The molecule has 1 aromatic rings. The number of nitrogens with zero attached hydrogens (tertiary/aromatic N) is 1. The third kappa shape index (κ3) is 6.50. The van der Waals surface area contributed by atoms with Crippen LogP contribution in [0.5, 0.6) is 5.75 Å². The van der Waals surface area contributed by atoms with Gasteiger partial charge in [0.15, 0.2) is 24.8 Å². The predicted octanol–water partition coefficient (Wildman–Crippen LogP) is 2.31. The van der Waals surface area contributed by atoms with Crippen molar-refractivity contribution in [3.05, 3.63) is 28.5 Å². The van der Waals surface area contributed by atoms with E-state index in [4.69, 9.17) is 14.2 Å². The molecular weight excluding hydrogens is 425 g/mol. The third-order valence-corrected chi connectivity index (χ3v) is 4.56. The van der Waals surface area contributed by atoms with E-state index in [0.717, 1.165) is 0 Å². The number of likely N-dealkylation sites (tertiary alicyclic amines) is 1. The highest BCUT2D eigenvalue weighted by molar-refractivity contribution is 9.10. The Hall–Kier alpha value is -2.16. The average Bonchev–Trinajstić information content (AvgIpc) is 2.65. The molecule has 2 rings (SSSR count). The molecule has 0 N–H and O–H groups in total. The molecule has 1 aromatic carbocycles. The number of benzene rings is 1. The lowest BCUT2D eigenvalue weighted by atomic mass is 9.97. The first-order chi connectivity index (χ1) is 12.9. The first kappa shape index (κ1) is 21.1. The van der Waals surface area contributed by atoms with Gasteiger partial charge in [0.05, 0.1) is 12.5 Å². The lowest BCUT2D eigenvalue weighted by Gasteiger charge is -2.30. The van der Waals surface area contributed by atoms with Gasteiger partial charge in [0.1, 0.15) is 0 Å². The standard InChI is InChI=1S/C18H21BrFNO6/c1-2-25-18(24)12-5-7-21(8-6-12)16(22)10-27-17(23)11-26-15-4-3-13(19)9-14(15)20/h3-4,9,12H,2,5-8,10-11H2,1H3. The van der Waals surface area contributed by atoms with Crippen LogP contribution in [0.4, 0.5) is 4.39 Å². The van der Waals surface area contributed by atoms with E-state index in [1.165, 1.54) is 17.0 Å². The molecule has 0 bridgehead atoms. The Bertz CT molecular complexity index is 690. The number of hydrogen-bond acceptors (Lipinski definition) is 6. The maximum absolute atomic E-state index is 13.6. The van der Waals surface area contributed by atoms with Crippen LogP contribution in [0.1, 0.15) is 19.8 Å². The summed E-state index contributed by atoms with van der Waals surface area (Å²) in [5, 5.41) is 0. The molecule has 1 amide bonds. The monoisotopic (exact) mass is 445 g/mol. The van der Waals surface area contributed by atoms with Gasteiger partial charge in [-0.05, 0) is 38.0 Å². The minimum absolute atomic E-state index is 0.0810. The van der Waals surface area contributed by atoms with Gasteiger partial charge in [-0.15, -0.1) is 0 Å². The molecule has 0 aromatic heterocycles. The van der Waals surface area contributed by atoms with Crippen molar-refractivity contribution in [1.82, 2.24) is 4.90 Å². The molecule has 1 saturated heterocycles. The van der Waals surface area contributed by atoms with Crippen molar-refractivity contribution >= 4 is 33.8 Å². The summed E-state index contributed by atoms with van der Waals surface area (Å²) in [6, 6.07) is 4.17. The number of carbonyl (C=O) groups excluding carboxylic acids is 3. The molecule has 1 aliphatic rings. The fourth-order valence-corrected chi connectivity index (χ4v) is 2.96. The van der Waals surface area contributed by atoms with E-state index < -0.39 is 25.0 Å². The number of piperidine rings is 1. The second-order valence-corrected chi connectivity index (χ2v) is 6.85. The number of halogens is 2. The van der Waals surface area contributed by atoms with Gasteiger partial charge < -0.3 is 19.1 Å². The molecule has 0 unspecified atom stereocenters. The molecule has 0 spiro atoms. The molecule has 7 nitrogen and oxygen atoms in total. The maximum Gasteiger partial charge on any atom is 0.344 e. The second kappa shape index (κ2) is 10.2. The smallest absolute Gasteiger partial charge is 0.344 e. The summed E-state index contributed by atoms with van der Waals surface area (Å²) in [6.07, 6.45) is 1.04. The van der Waals surface area contributed by atoms with Gasteiger partial charge in [0, 0.05) is 17.6 Å². The molecule has 1 aliphatic heterocycles. The summed E-state index contributed by atoms with van der Waals surface area (Å²) < 4.78 is 29.0. The van der Waals surface area contributed by atoms with Crippen LogP contribution in [0.15, 0.2) is 22.7 Å². The first-order valence-corrected chi connectivity index (χ1v) is 9.38. The van der Waals surface area contributed by atoms with Gasteiger partial charge in [-0.3, -0.25) is 9.59 Å². The molecule has 0 radical (unpaired) electrons. The zero-order chi connectivity index (χ0) is 19.8. The molecule has 148 valence electrons. The van der Waals surface area contributed by atoms with Crippen LogP contribution in [0.3, 0.4) is 0 Å². The number of ether oxygens (including phenoxy) is 3. The quantitative estimate of drug-likeness (QED) is 0.598. The van der Waals surface area contributed by atoms with E-state index in [-0.39, 0.29) is 23.5 Å². The predicted molar refractivity (Wildman–Crippen MR) is 96.5 cm³/mol. The molecule has 0 atom stereocenters. The SMILES string of the molecule is CCOC(=O)C1CCN(C(=O)COC(=O)COc2ccc(Br)cc2F)CC1.